The first-order chi connectivity index (χ1) is 8.20. The first-order valence-corrected chi connectivity index (χ1v) is 6.30. The van der Waals surface area contributed by atoms with Crippen LogP contribution >= 0.6 is 27.5 Å². The third-order valence-corrected chi connectivity index (χ3v) is 3.09. The molecule has 0 amide bonds. The van der Waals surface area contributed by atoms with Crippen LogP contribution in [0.15, 0.2) is 35.1 Å². The Bertz CT molecular complexity index is 516. The molecule has 1 heterocycles. The summed E-state index contributed by atoms with van der Waals surface area (Å²) < 4.78 is 6.68. The van der Waals surface area contributed by atoms with Crippen molar-refractivity contribution in [1.29, 1.82) is 0 Å². The fraction of sp³-hybridized carbons (Fsp3) is 0.167. The van der Waals surface area contributed by atoms with E-state index in [1.807, 2.05) is 31.2 Å². The zero-order valence-corrected chi connectivity index (χ0v) is 11.5. The second-order valence-electron chi connectivity index (χ2n) is 3.36. The zero-order valence-electron chi connectivity index (χ0n) is 9.15. The van der Waals surface area contributed by atoms with Crippen molar-refractivity contribution in [2.24, 2.45) is 0 Å². The molecule has 0 atom stereocenters. The van der Waals surface area contributed by atoms with Crippen LogP contribution in [0.1, 0.15) is 12.5 Å². The van der Waals surface area contributed by atoms with Gasteiger partial charge < -0.3 is 4.74 Å². The number of benzene rings is 1. The maximum Gasteiger partial charge on any atom is 0.226 e. The van der Waals surface area contributed by atoms with Crippen molar-refractivity contribution < 1.29 is 4.74 Å². The molecule has 0 unspecified atom stereocenters. The van der Waals surface area contributed by atoms with Gasteiger partial charge in [-0.25, -0.2) is 9.97 Å². The molecule has 0 spiro atoms. The quantitative estimate of drug-likeness (QED) is 0.795. The first-order valence-electron chi connectivity index (χ1n) is 5.13. The zero-order chi connectivity index (χ0) is 12.3. The summed E-state index contributed by atoms with van der Waals surface area (Å²) in [4.78, 5) is 8.03. The summed E-state index contributed by atoms with van der Waals surface area (Å²) in [6, 6.07) is 7.53. The van der Waals surface area contributed by atoms with Gasteiger partial charge in [-0.05, 0) is 30.7 Å². The molecule has 2 aromatic rings. The predicted octanol–water partition coefficient (Wildman–Crippen LogP) is 4.25. The molecule has 3 nitrogen and oxygen atoms in total. The smallest absolute Gasteiger partial charge is 0.226 e. The highest BCUT2D eigenvalue weighted by atomic mass is 79.9. The summed E-state index contributed by atoms with van der Waals surface area (Å²) in [5.74, 6) is 1.23. The normalized spacial score (nSPS) is 10.3. The molecule has 17 heavy (non-hydrogen) atoms. The molecule has 0 saturated carbocycles. The Kier molecular flexibility index (Phi) is 3.97. The van der Waals surface area contributed by atoms with Crippen LogP contribution in [-0.4, -0.2) is 9.97 Å². The van der Waals surface area contributed by atoms with E-state index < -0.39 is 0 Å². The van der Waals surface area contributed by atoms with Gasteiger partial charge in [0.2, 0.25) is 5.88 Å². The molecule has 0 radical (unpaired) electrons. The van der Waals surface area contributed by atoms with Crippen LogP contribution in [0.25, 0.3) is 0 Å². The van der Waals surface area contributed by atoms with E-state index in [9.17, 15) is 0 Å². The number of nitrogens with zero attached hydrogens (tertiary/aromatic N) is 2. The van der Waals surface area contributed by atoms with E-state index in [1.165, 1.54) is 6.33 Å². The standard InChI is InChI=1S/C12H10BrClN2O/c1-2-10-11(14)15-7-16-12(10)17-9-5-3-8(13)4-6-9/h3-7H,2H2,1H3. The lowest BCUT2D eigenvalue weighted by Gasteiger charge is -2.09. The summed E-state index contributed by atoms with van der Waals surface area (Å²) in [5.41, 5.74) is 0.817. The van der Waals surface area contributed by atoms with Gasteiger partial charge in [-0.3, -0.25) is 0 Å². The molecular weight excluding hydrogens is 304 g/mol. The molecule has 0 bridgehead atoms. The van der Waals surface area contributed by atoms with Gasteiger partial charge in [0.05, 0.1) is 5.56 Å². The maximum atomic E-state index is 5.98. The molecule has 0 fully saturated rings. The monoisotopic (exact) mass is 312 g/mol. The predicted molar refractivity (Wildman–Crippen MR) is 70.6 cm³/mol. The summed E-state index contributed by atoms with van der Waals surface area (Å²) in [6.07, 6.45) is 2.13. The number of aromatic nitrogens is 2. The Morgan fingerprint density at radius 3 is 2.59 bits per heavy atom. The minimum absolute atomic E-state index is 0.439. The number of ether oxygens (including phenoxy) is 1. The second kappa shape index (κ2) is 5.47. The molecule has 0 aliphatic carbocycles. The lowest BCUT2D eigenvalue weighted by Crippen LogP contribution is -1.96. The number of hydrogen-bond acceptors (Lipinski definition) is 3. The largest absolute Gasteiger partial charge is 0.439 e. The van der Waals surface area contributed by atoms with E-state index in [4.69, 9.17) is 16.3 Å². The van der Waals surface area contributed by atoms with Gasteiger partial charge >= 0.3 is 0 Å². The number of halogens is 2. The lowest BCUT2D eigenvalue weighted by atomic mass is 10.2. The highest BCUT2D eigenvalue weighted by Crippen LogP contribution is 2.27. The molecule has 0 saturated heterocycles. The number of rotatable bonds is 3. The van der Waals surface area contributed by atoms with Crippen LogP contribution in [0.2, 0.25) is 5.15 Å². The Morgan fingerprint density at radius 2 is 1.94 bits per heavy atom. The van der Waals surface area contributed by atoms with E-state index >= 15 is 0 Å². The van der Waals surface area contributed by atoms with E-state index in [0.717, 1.165) is 22.2 Å². The average Bonchev–Trinajstić information content (AvgIpc) is 2.32. The SMILES string of the molecule is CCc1c(Cl)ncnc1Oc1ccc(Br)cc1. The third kappa shape index (κ3) is 2.96. The third-order valence-electron chi connectivity index (χ3n) is 2.23. The second-order valence-corrected chi connectivity index (χ2v) is 4.63. The highest BCUT2D eigenvalue weighted by Gasteiger charge is 2.09. The van der Waals surface area contributed by atoms with Crippen molar-refractivity contribution in [2.75, 3.05) is 0 Å². The minimum Gasteiger partial charge on any atom is -0.439 e. The van der Waals surface area contributed by atoms with Crippen LogP contribution in [0, 0.1) is 0 Å². The summed E-state index contributed by atoms with van der Waals surface area (Å²) >= 11 is 9.35. The van der Waals surface area contributed by atoms with Crippen LogP contribution in [0.4, 0.5) is 0 Å². The van der Waals surface area contributed by atoms with Gasteiger partial charge in [0.1, 0.15) is 17.2 Å². The molecule has 2 rings (SSSR count). The van der Waals surface area contributed by atoms with Crippen molar-refractivity contribution >= 4 is 27.5 Å². The van der Waals surface area contributed by atoms with E-state index in [0.29, 0.717) is 11.0 Å². The Morgan fingerprint density at radius 1 is 1.24 bits per heavy atom. The molecule has 88 valence electrons. The summed E-state index contributed by atoms with van der Waals surface area (Å²) in [5, 5.41) is 0.439. The topological polar surface area (TPSA) is 35.0 Å². The molecule has 1 aromatic heterocycles. The minimum atomic E-state index is 0.439. The van der Waals surface area contributed by atoms with Crippen LogP contribution in [-0.2, 0) is 6.42 Å². The molecule has 0 aliphatic heterocycles. The fourth-order valence-electron chi connectivity index (χ4n) is 1.38. The van der Waals surface area contributed by atoms with Crippen LogP contribution < -0.4 is 4.74 Å². The Labute approximate surface area is 113 Å². The molecule has 5 heteroatoms. The summed E-state index contributed by atoms with van der Waals surface area (Å²) in [7, 11) is 0. The van der Waals surface area contributed by atoms with Crippen molar-refractivity contribution in [1.82, 2.24) is 9.97 Å². The van der Waals surface area contributed by atoms with Gasteiger partial charge in [-0.2, -0.15) is 0 Å². The van der Waals surface area contributed by atoms with E-state index in [1.54, 1.807) is 0 Å². The average molecular weight is 314 g/mol. The van der Waals surface area contributed by atoms with Gasteiger partial charge in [-0.1, -0.05) is 34.5 Å². The molecule has 1 aromatic carbocycles. The van der Waals surface area contributed by atoms with Gasteiger partial charge in [0.15, 0.2) is 0 Å². The summed E-state index contributed by atoms with van der Waals surface area (Å²) in [6.45, 7) is 1.99. The van der Waals surface area contributed by atoms with Gasteiger partial charge in [0, 0.05) is 4.47 Å². The van der Waals surface area contributed by atoms with E-state index in [-0.39, 0.29) is 0 Å². The Balaban J connectivity index is 2.29. The highest BCUT2D eigenvalue weighted by molar-refractivity contribution is 9.10. The first kappa shape index (κ1) is 12.3. The van der Waals surface area contributed by atoms with E-state index in [2.05, 4.69) is 25.9 Å². The van der Waals surface area contributed by atoms with Gasteiger partial charge in [-0.15, -0.1) is 0 Å². The van der Waals surface area contributed by atoms with Crippen molar-refractivity contribution in [3.05, 3.63) is 45.8 Å². The van der Waals surface area contributed by atoms with Crippen LogP contribution in [0.5, 0.6) is 11.6 Å². The van der Waals surface area contributed by atoms with Crippen LogP contribution in [0.3, 0.4) is 0 Å². The van der Waals surface area contributed by atoms with Crippen molar-refractivity contribution in [2.45, 2.75) is 13.3 Å². The van der Waals surface area contributed by atoms with Gasteiger partial charge in [0.25, 0.3) is 0 Å². The van der Waals surface area contributed by atoms with Crippen molar-refractivity contribution in [3.63, 3.8) is 0 Å². The number of hydrogen-bond donors (Lipinski definition) is 0. The Hall–Kier alpha value is -1.13. The van der Waals surface area contributed by atoms with Crippen molar-refractivity contribution in [3.8, 4) is 11.6 Å². The fourth-order valence-corrected chi connectivity index (χ4v) is 1.90. The molecular formula is C12H10BrClN2O. The lowest BCUT2D eigenvalue weighted by molar-refractivity contribution is 0.455. The molecule has 0 N–H and O–H groups in total. The molecule has 0 aliphatic rings. The maximum absolute atomic E-state index is 5.98.